The van der Waals surface area contributed by atoms with Gasteiger partial charge in [0.1, 0.15) is 5.78 Å². The molecule has 4 fully saturated rings. The molecule has 4 aliphatic carbocycles. The molecule has 1 amide bonds. The Bertz CT molecular complexity index is 964. The summed E-state index contributed by atoms with van der Waals surface area (Å²) in [6.45, 7) is 9.05. The summed E-state index contributed by atoms with van der Waals surface area (Å²) in [4.78, 5) is 26.5. The van der Waals surface area contributed by atoms with Gasteiger partial charge in [0.25, 0.3) is 0 Å². The van der Waals surface area contributed by atoms with E-state index in [1.165, 1.54) is 4.88 Å². The van der Waals surface area contributed by atoms with Gasteiger partial charge in [0.15, 0.2) is 0 Å². The normalized spacial score (nSPS) is 43.7. The quantitative estimate of drug-likeness (QED) is 0.466. The molecule has 1 heterocycles. The molecule has 3 N–H and O–H groups in total. The summed E-state index contributed by atoms with van der Waals surface area (Å²) in [5, 5.41) is 28.0. The summed E-state index contributed by atoms with van der Waals surface area (Å²) in [5.74, 6) is 1.79. The third kappa shape index (κ3) is 4.19. The molecule has 0 bridgehead atoms. The smallest absolute Gasteiger partial charge is 0.220 e. The number of carbonyl (C=O) groups is 2. The Kier molecular flexibility index (Phi) is 7.19. The minimum atomic E-state index is -0.812. The van der Waals surface area contributed by atoms with Gasteiger partial charge in [0, 0.05) is 24.1 Å². The summed E-state index contributed by atoms with van der Waals surface area (Å²) < 4.78 is 0. The van der Waals surface area contributed by atoms with Crippen LogP contribution in [0.15, 0.2) is 17.5 Å². The Morgan fingerprint density at radius 3 is 2.56 bits per heavy atom. The molecule has 4 aliphatic rings. The summed E-state index contributed by atoms with van der Waals surface area (Å²) in [6, 6.07) is 4.22. The molecule has 6 heteroatoms. The lowest BCUT2D eigenvalue weighted by molar-refractivity contribution is -0.214. The largest absolute Gasteiger partial charge is 0.390 e. The maximum absolute atomic E-state index is 13.1. The zero-order valence-electron chi connectivity index (χ0n) is 22.4. The van der Waals surface area contributed by atoms with Crippen LogP contribution in [-0.4, -0.2) is 34.1 Å². The number of carbonyl (C=O) groups excluding carboxylic acids is 2. The molecule has 0 saturated heterocycles. The number of rotatable bonds is 6. The van der Waals surface area contributed by atoms with Crippen LogP contribution in [0.2, 0.25) is 0 Å². The first-order valence-electron chi connectivity index (χ1n) is 14.3. The van der Waals surface area contributed by atoms with E-state index in [1.807, 2.05) is 6.07 Å². The number of aliphatic hydroxyl groups excluding tert-OH is 2. The summed E-state index contributed by atoms with van der Waals surface area (Å²) in [6.07, 6.45) is 6.04. The van der Waals surface area contributed by atoms with E-state index in [0.29, 0.717) is 37.0 Å². The number of nitrogens with one attached hydrogen (secondary N) is 1. The van der Waals surface area contributed by atoms with Crippen LogP contribution >= 0.6 is 11.3 Å². The molecule has 0 aromatic carbocycles. The molecule has 1 aromatic heterocycles. The first-order chi connectivity index (χ1) is 17.1. The van der Waals surface area contributed by atoms with E-state index in [4.69, 9.17) is 0 Å². The fraction of sp³-hybridized carbons (Fsp3) is 0.800. The highest BCUT2D eigenvalue weighted by Crippen LogP contribution is 2.68. The van der Waals surface area contributed by atoms with Gasteiger partial charge < -0.3 is 15.5 Å². The predicted octanol–water partition coefficient (Wildman–Crippen LogP) is 5.51. The molecule has 0 aliphatic heterocycles. The summed E-state index contributed by atoms with van der Waals surface area (Å²) in [5.41, 5.74) is 0.00621. The van der Waals surface area contributed by atoms with E-state index in [9.17, 15) is 19.8 Å². The number of Topliss-reactive ketones (excluding diaryl/α,β-unsaturated/α-hetero) is 1. The maximum atomic E-state index is 13.1. The molecule has 11 atom stereocenters. The third-order valence-electron chi connectivity index (χ3n) is 11.5. The minimum absolute atomic E-state index is 0.0703. The lowest BCUT2D eigenvalue weighted by Crippen LogP contribution is -2.64. The number of thiophene rings is 1. The maximum Gasteiger partial charge on any atom is 0.220 e. The zero-order valence-corrected chi connectivity index (χ0v) is 23.2. The van der Waals surface area contributed by atoms with Crippen LogP contribution in [0.1, 0.15) is 96.4 Å². The second-order valence-electron chi connectivity index (χ2n) is 13.1. The van der Waals surface area contributed by atoms with Crippen molar-refractivity contribution in [2.75, 3.05) is 0 Å². The van der Waals surface area contributed by atoms with Crippen molar-refractivity contribution in [1.82, 2.24) is 5.32 Å². The summed E-state index contributed by atoms with van der Waals surface area (Å²) in [7, 11) is 0. The van der Waals surface area contributed by atoms with Crippen molar-refractivity contribution in [2.45, 2.75) is 104 Å². The van der Waals surface area contributed by atoms with E-state index in [0.717, 1.165) is 38.5 Å². The average Bonchev–Trinajstić information content (AvgIpc) is 3.49. The molecule has 0 radical (unpaired) electrons. The van der Waals surface area contributed by atoms with Gasteiger partial charge >= 0.3 is 0 Å². The van der Waals surface area contributed by atoms with Gasteiger partial charge in [-0.3, -0.25) is 9.59 Å². The lowest BCUT2D eigenvalue weighted by atomic mass is 9.43. The van der Waals surface area contributed by atoms with Gasteiger partial charge in [-0.25, -0.2) is 0 Å². The molecule has 5 nitrogen and oxygen atoms in total. The van der Waals surface area contributed by atoms with Crippen LogP contribution in [0.4, 0.5) is 0 Å². The highest BCUT2D eigenvalue weighted by atomic mass is 32.1. The van der Waals surface area contributed by atoms with Crippen molar-refractivity contribution in [3.05, 3.63) is 22.4 Å². The topological polar surface area (TPSA) is 86.6 Å². The average molecular weight is 516 g/mol. The van der Waals surface area contributed by atoms with Crippen molar-refractivity contribution in [3.63, 3.8) is 0 Å². The SMILES string of the molecule is CC[C@@H](NC(=O)C[C@@H](C)C1CC[C@H]2[C@@H]3[C@H](O)[C@H](O)[C@@H]4CC(=O)CC[C@]4(C)[C@H]3CC[C@]12C)c1cccs1. The van der Waals surface area contributed by atoms with E-state index in [-0.39, 0.29) is 46.3 Å². The molecule has 4 saturated carbocycles. The Morgan fingerprint density at radius 1 is 1.11 bits per heavy atom. The Morgan fingerprint density at radius 2 is 1.86 bits per heavy atom. The molecular formula is C30H45NO4S. The molecule has 1 aromatic rings. The first kappa shape index (κ1) is 26.4. The number of hydrogen-bond acceptors (Lipinski definition) is 5. The lowest BCUT2D eigenvalue weighted by Gasteiger charge is -2.63. The van der Waals surface area contributed by atoms with Crippen molar-refractivity contribution in [2.24, 2.45) is 46.3 Å². The van der Waals surface area contributed by atoms with Gasteiger partial charge in [-0.05, 0) is 96.3 Å². The van der Waals surface area contributed by atoms with Gasteiger partial charge in [-0.1, -0.05) is 33.8 Å². The minimum Gasteiger partial charge on any atom is -0.390 e. The second-order valence-corrected chi connectivity index (χ2v) is 14.1. The molecule has 5 rings (SSSR count). The molecule has 0 spiro atoms. The highest BCUT2D eigenvalue weighted by Gasteiger charge is 2.65. The predicted molar refractivity (Wildman–Crippen MR) is 142 cm³/mol. The summed E-state index contributed by atoms with van der Waals surface area (Å²) >= 11 is 1.70. The van der Waals surface area contributed by atoms with Crippen molar-refractivity contribution < 1.29 is 19.8 Å². The second kappa shape index (κ2) is 9.81. The van der Waals surface area contributed by atoms with E-state index in [2.05, 4.69) is 44.5 Å². The van der Waals surface area contributed by atoms with Crippen LogP contribution in [-0.2, 0) is 9.59 Å². The van der Waals surface area contributed by atoms with Gasteiger partial charge in [-0.15, -0.1) is 11.3 Å². The van der Waals surface area contributed by atoms with Crippen LogP contribution in [0.5, 0.6) is 0 Å². The number of ketones is 1. The zero-order chi connectivity index (χ0) is 25.8. The van der Waals surface area contributed by atoms with E-state index in [1.54, 1.807) is 11.3 Å². The van der Waals surface area contributed by atoms with Gasteiger partial charge in [-0.2, -0.15) is 0 Å². The van der Waals surface area contributed by atoms with Crippen molar-refractivity contribution in [3.8, 4) is 0 Å². The van der Waals surface area contributed by atoms with Crippen LogP contribution < -0.4 is 5.32 Å². The van der Waals surface area contributed by atoms with Gasteiger partial charge in [0.05, 0.1) is 18.2 Å². The molecule has 36 heavy (non-hydrogen) atoms. The fourth-order valence-electron chi connectivity index (χ4n) is 9.58. The molecular weight excluding hydrogens is 470 g/mol. The Labute approximate surface area is 220 Å². The molecule has 200 valence electrons. The van der Waals surface area contributed by atoms with E-state index < -0.39 is 12.2 Å². The number of fused-ring (bicyclic) bond motifs is 5. The highest BCUT2D eigenvalue weighted by molar-refractivity contribution is 7.10. The Hall–Kier alpha value is -1.24. The number of hydrogen-bond donors (Lipinski definition) is 3. The van der Waals surface area contributed by atoms with Crippen LogP contribution in [0, 0.1) is 46.3 Å². The van der Waals surface area contributed by atoms with E-state index >= 15 is 0 Å². The first-order valence-corrected chi connectivity index (χ1v) is 15.2. The van der Waals surface area contributed by atoms with Crippen molar-refractivity contribution >= 4 is 23.0 Å². The third-order valence-corrected chi connectivity index (χ3v) is 12.5. The van der Waals surface area contributed by atoms with Crippen LogP contribution in [0.25, 0.3) is 0 Å². The fourth-order valence-corrected chi connectivity index (χ4v) is 10.4. The van der Waals surface area contributed by atoms with Gasteiger partial charge in [0.2, 0.25) is 5.91 Å². The number of aliphatic hydroxyl groups is 2. The van der Waals surface area contributed by atoms with Crippen LogP contribution in [0.3, 0.4) is 0 Å². The van der Waals surface area contributed by atoms with Crippen molar-refractivity contribution in [1.29, 1.82) is 0 Å². The molecule has 1 unspecified atom stereocenters. The number of amides is 1. The Balaban J connectivity index is 1.30. The monoisotopic (exact) mass is 515 g/mol. The standard InChI is InChI=1S/C30H45NO4S/c1-5-23(24-7-6-14-36-24)31-25(33)15-17(2)19-8-9-20-26-21(11-13-29(19,20)3)30(4)12-10-18(32)16-22(30)27(34)28(26)35/h6-7,14,17,19-23,26-28,34-35H,5,8-13,15-16H2,1-4H3,(H,31,33)/t17-,19?,20+,21+,22+,23-,26+,27-,28+,29-,30-/m1/s1.